The Kier molecular flexibility index (Phi) is 6.25. The Labute approximate surface area is 169 Å². The number of fused-ring (bicyclic) bond motifs is 1. The zero-order valence-electron chi connectivity index (χ0n) is 17.1. The first-order valence-corrected chi connectivity index (χ1v) is 9.84. The Hall–Kier alpha value is -2.83. The Balaban J connectivity index is 1.80. The normalized spacial score (nSPS) is 20.2. The molecule has 2 aromatic rings. The van der Waals surface area contributed by atoms with Crippen LogP contribution in [0.25, 0.3) is 10.9 Å². The second-order valence-electron chi connectivity index (χ2n) is 7.36. The van der Waals surface area contributed by atoms with Gasteiger partial charge in [-0.1, -0.05) is 6.92 Å². The van der Waals surface area contributed by atoms with Gasteiger partial charge in [0.1, 0.15) is 5.82 Å². The van der Waals surface area contributed by atoms with Crippen molar-refractivity contribution in [3.63, 3.8) is 0 Å². The summed E-state index contributed by atoms with van der Waals surface area (Å²) < 4.78 is 23.5. The lowest BCUT2D eigenvalue weighted by Gasteiger charge is -2.39. The molecule has 0 bridgehead atoms. The molecule has 2 heterocycles. The molecule has 6 nitrogen and oxygen atoms in total. The Morgan fingerprint density at radius 2 is 2.14 bits per heavy atom. The van der Waals surface area contributed by atoms with Gasteiger partial charge in [0.2, 0.25) is 11.7 Å². The zero-order valence-corrected chi connectivity index (χ0v) is 17.1. The minimum absolute atomic E-state index is 0.0178. The molecular weight excluding hydrogens is 375 g/mol. The van der Waals surface area contributed by atoms with Crippen LogP contribution in [-0.2, 0) is 25.5 Å². The van der Waals surface area contributed by atoms with Gasteiger partial charge < -0.3 is 19.4 Å². The van der Waals surface area contributed by atoms with Gasteiger partial charge in [-0.3, -0.25) is 4.79 Å². The number of carbonyl (C=O) groups is 2. The van der Waals surface area contributed by atoms with Crippen molar-refractivity contribution in [1.29, 1.82) is 0 Å². The summed E-state index contributed by atoms with van der Waals surface area (Å²) in [7, 11) is 2.68. The largest absolute Gasteiger partial charge is 0.490 e. The number of hydrogen-bond donors (Lipinski definition) is 1. The quantitative estimate of drug-likeness (QED) is 0.437. The van der Waals surface area contributed by atoms with E-state index in [1.54, 1.807) is 12.1 Å². The van der Waals surface area contributed by atoms with Crippen LogP contribution in [0.4, 0.5) is 4.39 Å². The number of nitrogens with one attached hydrogen (secondary N) is 1. The second kappa shape index (κ2) is 8.68. The number of carbonyl (C=O) groups excluding carboxylic acids is 2. The number of aromatic nitrogens is 1. The third-order valence-electron chi connectivity index (χ3n) is 5.79. The average molecular weight is 402 g/mol. The van der Waals surface area contributed by atoms with Gasteiger partial charge in [0.15, 0.2) is 0 Å². The summed E-state index contributed by atoms with van der Waals surface area (Å²) in [6, 6.07) is 4.65. The number of piperidine rings is 1. The van der Waals surface area contributed by atoms with Crippen LogP contribution >= 0.6 is 0 Å². The number of esters is 1. The lowest BCUT2D eigenvalue weighted by molar-refractivity contribution is -0.143. The molecule has 0 spiro atoms. The van der Waals surface area contributed by atoms with Gasteiger partial charge in [0.05, 0.1) is 19.6 Å². The van der Waals surface area contributed by atoms with Crippen LogP contribution in [0, 0.1) is 11.2 Å². The van der Waals surface area contributed by atoms with Crippen LogP contribution in [0.3, 0.4) is 0 Å². The van der Waals surface area contributed by atoms with Crippen LogP contribution in [0.2, 0.25) is 0 Å². The van der Waals surface area contributed by atoms with Crippen LogP contribution in [0.5, 0.6) is 0 Å². The lowest BCUT2D eigenvalue weighted by atomic mass is 9.76. The van der Waals surface area contributed by atoms with Gasteiger partial charge in [0, 0.05) is 30.2 Å². The van der Waals surface area contributed by atoms with E-state index in [0.29, 0.717) is 32.4 Å². The van der Waals surface area contributed by atoms with Crippen LogP contribution in [0.1, 0.15) is 31.7 Å². The maximum absolute atomic E-state index is 13.6. The maximum atomic E-state index is 13.6. The minimum Gasteiger partial charge on any atom is -0.490 e. The fourth-order valence-electron chi connectivity index (χ4n) is 4.05. The number of hydrogen-bond acceptors (Lipinski definition) is 4. The van der Waals surface area contributed by atoms with E-state index in [1.807, 2.05) is 18.0 Å². The first-order valence-electron chi connectivity index (χ1n) is 9.84. The molecule has 7 heteroatoms. The van der Waals surface area contributed by atoms with E-state index >= 15 is 0 Å². The van der Waals surface area contributed by atoms with E-state index in [2.05, 4.69) is 4.98 Å². The Bertz CT molecular complexity index is 936. The molecule has 0 radical (unpaired) electrons. The summed E-state index contributed by atoms with van der Waals surface area (Å²) >= 11 is 0. The van der Waals surface area contributed by atoms with E-state index < -0.39 is 11.4 Å². The number of nitrogens with zero attached hydrogens (tertiary/aromatic N) is 1. The molecule has 0 unspecified atom stereocenters. The van der Waals surface area contributed by atoms with Crippen LogP contribution in [0.15, 0.2) is 36.2 Å². The van der Waals surface area contributed by atoms with Crippen molar-refractivity contribution in [3.05, 3.63) is 47.6 Å². The molecule has 1 aliphatic rings. The Morgan fingerprint density at radius 3 is 2.83 bits per heavy atom. The molecule has 3 rings (SSSR count). The molecule has 1 aromatic heterocycles. The van der Waals surface area contributed by atoms with Crippen molar-refractivity contribution in [1.82, 2.24) is 9.88 Å². The highest BCUT2D eigenvalue weighted by Gasteiger charge is 2.42. The van der Waals surface area contributed by atoms with Gasteiger partial charge >= 0.3 is 5.97 Å². The SMILES string of the molecule is CC[C@@]1(C=C(OC)C(=O)OC)CCCN(CCc2c[nH]c3ccc(F)cc23)C1=O. The number of halogens is 1. The molecule has 1 aromatic carbocycles. The average Bonchev–Trinajstić information content (AvgIpc) is 3.13. The molecule has 0 aliphatic carbocycles. The monoisotopic (exact) mass is 402 g/mol. The summed E-state index contributed by atoms with van der Waals surface area (Å²) in [5.41, 5.74) is 1.06. The van der Waals surface area contributed by atoms with Crippen molar-refractivity contribution < 1.29 is 23.5 Å². The highest BCUT2D eigenvalue weighted by molar-refractivity contribution is 5.90. The second-order valence-corrected chi connectivity index (χ2v) is 7.36. The summed E-state index contributed by atoms with van der Waals surface area (Å²) in [6.45, 7) is 3.12. The highest BCUT2D eigenvalue weighted by Crippen LogP contribution is 2.37. The fraction of sp³-hybridized carbons (Fsp3) is 0.455. The number of benzene rings is 1. The van der Waals surface area contributed by atoms with E-state index in [-0.39, 0.29) is 17.5 Å². The molecule has 1 saturated heterocycles. The first kappa shape index (κ1) is 20.9. The number of rotatable bonds is 7. The molecule has 1 aliphatic heterocycles. The molecule has 29 heavy (non-hydrogen) atoms. The number of aromatic amines is 1. The molecule has 0 saturated carbocycles. The minimum atomic E-state index is -0.788. The Morgan fingerprint density at radius 1 is 1.34 bits per heavy atom. The smallest absolute Gasteiger partial charge is 0.372 e. The summed E-state index contributed by atoms with van der Waals surface area (Å²) in [6.07, 6.45) is 6.15. The predicted octanol–water partition coefficient (Wildman–Crippen LogP) is 3.57. The van der Waals surface area contributed by atoms with Crippen LogP contribution in [-0.4, -0.2) is 49.1 Å². The van der Waals surface area contributed by atoms with Gasteiger partial charge in [-0.25, -0.2) is 9.18 Å². The number of likely N-dealkylation sites (tertiary alicyclic amines) is 1. The van der Waals surface area contributed by atoms with Gasteiger partial charge in [-0.15, -0.1) is 0 Å². The number of methoxy groups -OCH3 is 2. The number of amides is 1. The maximum Gasteiger partial charge on any atom is 0.372 e. The lowest BCUT2D eigenvalue weighted by Crippen LogP contribution is -2.48. The van der Waals surface area contributed by atoms with Crippen molar-refractivity contribution in [2.24, 2.45) is 5.41 Å². The van der Waals surface area contributed by atoms with Crippen molar-refractivity contribution in [2.75, 3.05) is 27.3 Å². The highest BCUT2D eigenvalue weighted by atomic mass is 19.1. The number of H-pyrrole nitrogens is 1. The molecule has 1 fully saturated rings. The summed E-state index contributed by atoms with van der Waals surface area (Å²) in [4.78, 5) is 30.2. The van der Waals surface area contributed by atoms with Gasteiger partial charge in [0.25, 0.3) is 0 Å². The first-order chi connectivity index (χ1) is 13.9. The van der Waals surface area contributed by atoms with Crippen molar-refractivity contribution in [2.45, 2.75) is 32.6 Å². The molecule has 1 atom stereocenters. The zero-order chi connectivity index (χ0) is 21.0. The molecule has 156 valence electrons. The molecule has 1 N–H and O–H groups in total. The van der Waals surface area contributed by atoms with E-state index in [9.17, 15) is 14.0 Å². The molecule has 1 amide bonds. The number of ether oxygens (including phenoxy) is 2. The summed E-state index contributed by atoms with van der Waals surface area (Å²) in [5.74, 6) is -0.837. The van der Waals surface area contributed by atoms with E-state index in [1.165, 1.54) is 26.4 Å². The van der Waals surface area contributed by atoms with Gasteiger partial charge in [-0.05, 0) is 55.5 Å². The molecular formula is C22H27FN2O4. The van der Waals surface area contributed by atoms with Crippen molar-refractivity contribution >= 4 is 22.8 Å². The van der Waals surface area contributed by atoms with Crippen LogP contribution < -0.4 is 0 Å². The third kappa shape index (κ3) is 4.13. The van der Waals surface area contributed by atoms with E-state index in [0.717, 1.165) is 22.9 Å². The summed E-state index contributed by atoms with van der Waals surface area (Å²) in [5, 5.41) is 0.837. The van der Waals surface area contributed by atoms with Gasteiger partial charge in [-0.2, -0.15) is 0 Å². The standard InChI is InChI=1S/C22H27FN2O4/c1-4-22(13-19(28-2)20(26)29-3)9-5-10-25(21(22)27)11-8-15-14-24-18-7-6-16(23)12-17(15)18/h6-7,12-14,24H,4-5,8-11H2,1-3H3/t22-/m0/s1. The topological polar surface area (TPSA) is 71.6 Å². The predicted molar refractivity (Wildman–Crippen MR) is 108 cm³/mol. The fourth-order valence-corrected chi connectivity index (χ4v) is 4.05. The van der Waals surface area contributed by atoms with Crippen molar-refractivity contribution in [3.8, 4) is 0 Å². The third-order valence-corrected chi connectivity index (χ3v) is 5.79. The van der Waals surface area contributed by atoms with E-state index in [4.69, 9.17) is 9.47 Å².